The molecule has 102 valence electrons. The van der Waals surface area contributed by atoms with Crippen molar-refractivity contribution in [3.05, 3.63) is 0 Å². The minimum Gasteiger partial charge on any atom is -0.480 e. The van der Waals surface area contributed by atoms with E-state index >= 15 is 0 Å². The Morgan fingerprint density at radius 2 is 2.06 bits per heavy atom. The summed E-state index contributed by atoms with van der Waals surface area (Å²) in [6.07, 6.45) is 3.04. The zero-order chi connectivity index (χ0) is 13.1. The molecule has 7 heteroatoms. The zero-order valence-electron chi connectivity index (χ0n) is 9.96. The monoisotopic (exact) mass is 258 g/mol. The first-order chi connectivity index (χ1) is 8.61. The predicted molar refractivity (Wildman–Crippen MR) is 61.0 cm³/mol. The molecule has 2 rings (SSSR count). The van der Waals surface area contributed by atoms with Crippen LogP contribution >= 0.6 is 0 Å². The van der Waals surface area contributed by atoms with Gasteiger partial charge in [0.05, 0.1) is 18.8 Å². The third kappa shape index (κ3) is 3.11. The van der Waals surface area contributed by atoms with Crippen molar-refractivity contribution in [2.75, 3.05) is 13.2 Å². The molecular formula is C11H18N2O5. The number of urea groups is 1. The van der Waals surface area contributed by atoms with E-state index in [4.69, 9.17) is 14.9 Å². The van der Waals surface area contributed by atoms with E-state index in [1.54, 1.807) is 0 Å². The summed E-state index contributed by atoms with van der Waals surface area (Å²) in [6, 6.07) is -1.91. The zero-order valence-corrected chi connectivity index (χ0v) is 9.96. The Hall–Kier alpha value is -1.34. The Balaban J connectivity index is 1.81. The maximum atomic E-state index is 11.6. The van der Waals surface area contributed by atoms with Gasteiger partial charge in [0.2, 0.25) is 0 Å². The number of carbonyl (C=O) groups is 2. The van der Waals surface area contributed by atoms with Crippen molar-refractivity contribution < 1.29 is 24.5 Å². The second-order valence-corrected chi connectivity index (χ2v) is 4.76. The minimum absolute atomic E-state index is 0.0492. The molecule has 1 saturated heterocycles. The van der Waals surface area contributed by atoms with E-state index in [0.717, 1.165) is 19.3 Å². The first kappa shape index (κ1) is 13.1. The van der Waals surface area contributed by atoms with E-state index in [-0.39, 0.29) is 12.1 Å². The molecule has 2 unspecified atom stereocenters. The lowest BCUT2D eigenvalue weighted by molar-refractivity contribution is -0.140. The molecule has 3 atom stereocenters. The largest absolute Gasteiger partial charge is 0.480 e. The van der Waals surface area contributed by atoms with Crippen molar-refractivity contribution in [3.8, 4) is 0 Å². The summed E-state index contributed by atoms with van der Waals surface area (Å²) in [5.41, 5.74) is 0. The van der Waals surface area contributed by atoms with Crippen LogP contribution < -0.4 is 10.6 Å². The lowest BCUT2D eigenvalue weighted by Gasteiger charge is -2.21. The molecule has 0 aromatic carbocycles. The highest BCUT2D eigenvalue weighted by Gasteiger charge is 2.41. The summed E-state index contributed by atoms with van der Waals surface area (Å²) < 4.78 is 5.56. The van der Waals surface area contributed by atoms with E-state index in [2.05, 4.69) is 10.6 Å². The lowest BCUT2D eigenvalue weighted by atomic mass is 10.1. The van der Waals surface area contributed by atoms with Crippen molar-refractivity contribution in [2.45, 2.75) is 37.5 Å². The van der Waals surface area contributed by atoms with Crippen LogP contribution in [0.3, 0.4) is 0 Å². The SMILES string of the molecule is O=C(NC1CCOC1C1CC1)N[C@H](CO)C(=O)O. The molecule has 2 aliphatic rings. The van der Waals surface area contributed by atoms with E-state index in [0.29, 0.717) is 12.5 Å². The molecule has 7 nitrogen and oxygen atoms in total. The molecule has 1 saturated carbocycles. The molecule has 0 spiro atoms. The molecule has 2 amide bonds. The number of aliphatic hydroxyl groups excluding tert-OH is 1. The van der Waals surface area contributed by atoms with Crippen LogP contribution in [0.1, 0.15) is 19.3 Å². The van der Waals surface area contributed by atoms with Crippen LogP contribution in [0.15, 0.2) is 0 Å². The van der Waals surface area contributed by atoms with E-state index in [9.17, 15) is 9.59 Å². The van der Waals surface area contributed by atoms with Crippen LogP contribution in [0.2, 0.25) is 0 Å². The fourth-order valence-corrected chi connectivity index (χ4v) is 2.21. The smallest absolute Gasteiger partial charge is 0.328 e. The Labute approximate surface area is 105 Å². The van der Waals surface area contributed by atoms with Gasteiger partial charge in [-0.15, -0.1) is 0 Å². The van der Waals surface area contributed by atoms with Crippen LogP contribution in [0, 0.1) is 5.92 Å². The molecule has 1 heterocycles. The molecule has 4 N–H and O–H groups in total. The van der Waals surface area contributed by atoms with Crippen LogP contribution in [0.25, 0.3) is 0 Å². The molecule has 0 radical (unpaired) electrons. The highest BCUT2D eigenvalue weighted by molar-refractivity contribution is 5.82. The molecular weight excluding hydrogens is 240 g/mol. The fraction of sp³-hybridized carbons (Fsp3) is 0.818. The summed E-state index contributed by atoms with van der Waals surface area (Å²) >= 11 is 0. The molecule has 1 aliphatic carbocycles. The van der Waals surface area contributed by atoms with Crippen LogP contribution in [0.4, 0.5) is 4.79 Å². The second-order valence-electron chi connectivity index (χ2n) is 4.76. The number of rotatable bonds is 5. The maximum Gasteiger partial charge on any atom is 0.328 e. The third-order valence-electron chi connectivity index (χ3n) is 3.32. The van der Waals surface area contributed by atoms with Crippen LogP contribution in [-0.4, -0.2) is 53.6 Å². The Morgan fingerprint density at radius 1 is 1.33 bits per heavy atom. The van der Waals surface area contributed by atoms with Crippen molar-refractivity contribution >= 4 is 12.0 Å². The number of aliphatic hydroxyl groups is 1. The van der Waals surface area contributed by atoms with Crippen molar-refractivity contribution in [2.24, 2.45) is 5.92 Å². The summed E-state index contributed by atoms with van der Waals surface area (Å²) in [4.78, 5) is 22.3. The number of hydrogen-bond donors (Lipinski definition) is 4. The number of nitrogens with one attached hydrogen (secondary N) is 2. The molecule has 0 aromatic heterocycles. The first-order valence-corrected chi connectivity index (χ1v) is 6.14. The number of ether oxygens (including phenoxy) is 1. The van der Waals surface area contributed by atoms with Crippen molar-refractivity contribution in [1.29, 1.82) is 0 Å². The lowest BCUT2D eigenvalue weighted by Crippen LogP contribution is -2.52. The van der Waals surface area contributed by atoms with Crippen molar-refractivity contribution in [3.63, 3.8) is 0 Å². The molecule has 0 bridgehead atoms. The predicted octanol–water partition coefficient (Wildman–Crippen LogP) is -0.701. The van der Waals surface area contributed by atoms with Crippen LogP contribution in [0.5, 0.6) is 0 Å². The standard InChI is InChI=1S/C11H18N2O5/c14-5-8(10(15)16)13-11(17)12-7-3-4-18-9(7)6-1-2-6/h6-9,14H,1-5H2,(H,15,16)(H2,12,13,17)/t7?,8-,9?/m1/s1. The van der Waals surface area contributed by atoms with Gasteiger partial charge in [-0.1, -0.05) is 0 Å². The van der Waals surface area contributed by atoms with Gasteiger partial charge in [0.15, 0.2) is 6.04 Å². The first-order valence-electron chi connectivity index (χ1n) is 6.14. The maximum absolute atomic E-state index is 11.6. The van der Waals surface area contributed by atoms with Gasteiger partial charge in [0.1, 0.15) is 0 Å². The summed E-state index contributed by atoms with van der Waals surface area (Å²) in [6.45, 7) is -0.00948. The normalized spacial score (nSPS) is 28.7. The Bertz CT molecular complexity index is 331. The van der Waals surface area contributed by atoms with Gasteiger partial charge in [-0.25, -0.2) is 9.59 Å². The van der Waals surface area contributed by atoms with Crippen LogP contribution in [-0.2, 0) is 9.53 Å². The fourth-order valence-electron chi connectivity index (χ4n) is 2.21. The highest BCUT2D eigenvalue weighted by Crippen LogP contribution is 2.38. The molecule has 18 heavy (non-hydrogen) atoms. The summed E-state index contributed by atoms with van der Waals surface area (Å²) in [7, 11) is 0. The summed E-state index contributed by atoms with van der Waals surface area (Å²) in [5.74, 6) is -0.736. The van der Waals surface area contributed by atoms with Gasteiger partial charge in [-0.3, -0.25) is 0 Å². The van der Waals surface area contributed by atoms with Gasteiger partial charge in [-0.2, -0.15) is 0 Å². The molecule has 2 fully saturated rings. The Morgan fingerprint density at radius 3 is 2.61 bits per heavy atom. The molecule has 1 aliphatic heterocycles. The average molecular weight is 258 g/mol. The van der Waals surface area contributed by atoms with Gasteiger partial charge in [-0.05, 0) is 25.2 Å². The average Bonchev–Trinajstić information content (AvgIpc) is 3.07. The number of aliphatic carboxylic acids is 1. The summed E-state index contributed by atoms with van der Waals surface area (Å²) in [5, 5.41) is 22.5. The van der Waals surface area contributed by atoms with Crippen molar-refractivity contribution in [1.82, 2.24) is 10.6 Å². The van der Waals surface area contributed by atoms with Gasteiger partial charge in [0.25, 0.3) is 0 Å². The minimum atomic E-state index is -1.27. The van der Waals surface area contributed by atoms with E-state index in [1.165, 1.54) is 0 Å². The quantitative estimate of drug-likeness (QED) is 0.521. The van der Waals surface area contributed by atoms with Gasteiger partial charge >= 0.3 is 12.0 Å². The van der Waals surface area contributed by atoms with E-state index in [1.807, 2.05) is 0 Å². The topological polar surface area (TPSA) is 108 Å². The number of carbonyl (C=O) groups excluding carboxylic acids is 1. The van der Waals surface area contributed by atoms with Gasteiger partial charge in [0, 0.05) is 6.61 Å². The molecule has 0 aromatic rings. The number of carboxylic acids is 1. The van der Waals surface area contributed by atoms with Gasteiger partial charge < -0.3 is 25.6 Å². The number of carboxylic acid groups (broad SMARTS) is 1. The Kier molecular flexibility index (Phi) is 4.03. The number of hydrogen-bond acceptors (Lipinski definition) is 4. The number of amides is 2. The van der Waals surface area contributed by atoms with E-state index < -0.39 is 24.6 Å². The third-order valence-corrected chi connectivity index (χ3v) is 3.32. The highest BCUT2D eigenvalue weighted by atomic mass is 16.5. The second kappa shape index (κ2) is 5.53.